The molecule has 0 saturated carbocycles. The summed E-state index contributed by atoms with van der Waals surface area (Å²) in [6.45, 7) is 13.8. The molecule has 0 N–H and O–H groups in total. The van der Waals surface area contributed by atoms with E-state index in [9.17, 15) is 4.79 Å². The molecule has 3 rings (SSSR count). The number of pyridine rings is 1. The Morgan fingerprint density at radius 3 is 2.42 bits per heavy atom. The van der Waals surface area contributed by atoms with Gasteiger partial charge in [0.25, 0.3) is 5.56 Å². The normalized spacial score (nSPS) is 11.6. The second-order valence-electron chi connectivity index (χ2n) is 10.3. The minimum atomic E-state index is -0.167. The lowest BCUT2D eigenvalue weighted by Crippen LogP contribution is -2.25. The number of benzene rings is 2. The SMILES string of the molecule is CCCCn1c(=O)c(OC(C)C)c(OC/C=C(\C)CCC=C(C)C)c2ccc(OCc3ccccc3)cc21. The van der Waals surface area contributed by atoms with E-state index in [1.807, 2.05) is 62.4 Å². The highest BCUT2D eigenvalue weighted by molar-refractivity contribution is 5.89. The average Bonchev–Trinajstić information content (AvgIpc) is 2.89. The molecule has 0 aliphatic heterocycles. The molecule has 0 atom stereocenters. The Bertz CT molecular complexity index is 1300. The fourth-order valence-electron chi connectivity index (χ4n) is 4.19. The predicted octanol–water partition coefficient (Wildman–Crippen LogP) is 8.24. The summed E-state index contributed by atoms with van der Waals surface area (Å²) in [4.78, 5) is 13.7. The van der Waals surface area contributed by atoms with Crippen LogP contribution in [0.1, 0.15) is 72.8 Å². The van der Waals surface area contributed by atoms with Crippen molar-refractivity contribution in [2.75, 3.05) is 6.61 Å². The van der Waals surface area contributed by atoms with E-state index in [1.165, 1.54) is 11.1 Å². The molecule has 0 saturated heterocycles. The molecule has 3 aromatic rings. The summed E-state index contributed by atoms with van der Waals surface area (Å²) in [5.41, 5.74) is 4.30. The van der Waals surface area contributed by atoms with Crippen molar-refractivity contribution in [2.45, 2.75) is 86.5 Å². The number of unbranched alkanes of at least 4 members (excludes halogenated alkanes) is 1. The summed E-state index contributed by atoms with van der Waals surface area (Å²) in [5, 5.41) is 0.846. The van der Waals surface area contributed by atoms with Gasteiger partial charge in [0.1, 0.15) is 19.0 Å². The van der Waals surface area contributed by atoms with Gasteiger partial charge in [0.15, 0.2) is 5.75 Å². The average molecular weight is 518 g/mol. The molecule has 0 aliphatic carbocycles. The van der Waals surface area contributed by atoms with Crippen molar-refractivity contribution in [1.82, 2.24) is 4.57 Å². The topological polar surface area (TPSA) is 49.7 Å². The third-order valence-corrected chi connectivity index (χ3v) is 6.24. The highest BCUT2D eigenvalue weighted by atomic mass is 16.5. The van der Waals surface area contributed by atoms with Crippen molar-refractivity contribution in [3.05, 3.63) is 87.7 Å². The second kappa shape index (κ2) is 14.5. The minimum Gasteiger partial charge on any atom is -0.489 e. The molecule has 0 aliphatic rings. The monoisotopic (exact) mass is 517 g/mol. The third-order valence-electron chi connectivity index (χ3n) is 6.24. The van der Waals surface area contributed by atoms with Gasteiger partial charge in [-0.1, -0.05) is 60.9 Å². The quantitative estimate of drug-likeness (QED) is 0.202. The lowest BCUT2D eigenvalue weighted by molar-refractivity contribution is 0.222. The molecular weight excluding hydrogens is 474 g/mol. The maximum atomic E-state index is 13.7. The van der Waals surface area contributed by atoms with E-state index in [0.717, 1.165) is 42.1 Å². The van der Waals surface area contributed by atoms with Gasteiger partial charge in [-0.25, -0.2) is 0 Å². The van der Waals surface area contributed by atoms with Crippen LogP contribution in [0.2, 0.25) is 0 Å². The van der Waals surface area contributed by atoms with E-state index < -0.39 is 0 Å². The molecule has 1 aromatic heterocycles. The molecule has 204 valence electrons. The van der Waals surface area contributed by atoms with E-state index in [0.29, 0.717) is 31.3 Å². The number of fused-ring (bicyclic) bond motifs is 1. The van der Waals surface area contributed by atoms with Crippen LogP contribution in [0.15, 0.2) is 76.6 Å². The molecule has 5 heteroatoms. The third kappa shape index (κ3) is 8.27. The van der Waals surface area contributed by atoms with Crippen LogP contribution in [0.3, 0.4) is 0 Å². The number of allylic oxidation sites excluding steroid dienone is 3. The van der Waals surface area contributed by atoms with Crippen LogP contribution < -0.4 is 19.8 Å². The van der Waals surface area contributed by atoms with E-state index in [-0.39, 0.29) is 17.4 Å². The second-order valence-corrected chi connectivity index (χ2v) is 10.3. The molecular formula is C33H43NO4. The molecule has 5 nitrogen and oxygen atoms in total. The van der Waals surface area contributed by atoms with E-state index in [1.54, 1.807) is 4.57 Å². The summed E-state index contributed by atoms with van der Waals surface area (Å²) in [6.07, 6.45) is 8.03. The minimum absolute atomic E-state index is 0.156. The van der Waals surface area contributed by atoms with E-state index in [4.69, 9.17) is 14.2 Å². The van der Waals surface area contributed by atoms with Crippen molar-refractivity contribution < 1.29 is 14.2 Å². The number of aromatic nitrogens is 1. The maximum Gasteiger partial charge on any atom is 0.297 e. The Hall–Kier alpha value is -3.47. The molecule has 1 heterocycles. The van der Waals surface area contributed by atoms with Crippen molar-refractivity contribution in [2.24, 2.45) is 0 Å². The van der Waals surface area contributed by atoms with Gasteiger partial charge in [0.05, 0.1) is 11.6 Å². The largest absolute Gasteiger partial charge is 0.489 e. The fraction of sp³-hybridized carbons (Fsp3) is 0.424. The molecule has 0 bridgehead atoms. The van der Waals surface area contributed by atoms with Gasteiger partial charge in [-0.2, -0.15) is 0 Å². The van der Waals surface area contributed by atoms with Crippen molar-refractivity contribution in [3.8, 4) is 17.2 Å². The molecule has 0 unspecified atom stereocenters. The van der Waals surface area contributed by atoms with Crippen LogP contribution in [-0.2, 0) is 13.2 Å². The van der Waals surface area contributed by atoms with Crippen molar-refractivity contribution in [1.29, 1.82) is 0 Å². The van der Waals surface area contributed by atoms with Gasteiger partial charge in [-0.3, -0.25) is 4.79 Å². The zero-order chi connectivity index (χ0) is 27.5. The van der Waals surface area contributed by atoms with Crippen LogP contribution in [0.4, 0.5) is 0 Å². The van der Waals surface area contributed by atoms with Gasteiger partial charge >= 0.3 is 0 Å². The first-order valence-electron chi connectivity index (χ1n) is 13.8. The van der Waals surface area contributed by atoms with Crippen molar-refractivity contribution >= 4 is 10.9 Å². The van der Waals surface area contributed by atoms with Gasteiger partial charge < -0.3 is 18.8 Å². The Morgan fingerprint density at radius 1 is 0.974 bits per heavy atom. The smallest absolute Gasteiger partial charge is 0.297 e. The summed E-state index contributed by atoms with van der Waals surface area (Å²) in [5.74, 6) is 1.48. The molecule has 2 aromatic carbocycles. The van der Waals surface area contributed by atoms with Crippen molar-refractivity contribution in [3.63, 3.8) is 0 Å². The standard InChI is InChI=1S/C33H43NO4/c1-7-8-20-34-30-22-28(37-23-27-15-10-9-11-16-27)17-18-29(30)31(32(33(34)35)38-25(4)5)36-21-19-26(6)14-12-13-24(2)3/h9-11,13,15-19,22,25H,7-8,12,14,20-21,23H2,1-6H3/b26-19+. The Balaban J connectivity index is 1.99. The zero-order valence-electron chi connectivity index (χ0n) is 23.9. The lowest BCUT2D eigenvalue weighted by Gasteiger charge is -2.20. The molecule has 0 amide bonds. The Labute approximate surface area is 227 Å². The number of hydrogen-bond donors (Lipinski definition) is 0. The Kier molecular flexibility index (Phi) is 11.1. The molecule has 0 fully saturated rings. The Morgan fingerprint density at radius 2 is 1.74 bits per heavy atom. The molecule has 0 spiro atoms. The molecule has 38 heavy (non-hydrogen) atoms. The van der Waals surface area contributed by atoms with Crippen LogP contribution in [0, 0.1) is 0 Å². The van der Waals surface area contributed by atoms with Crippen LogP contribution in [0.25, 0.3) is 10.9 Å². The highest BCUT2D eigenvalue weighted by Gasteiger charge is 2.21. The first-order valence-corrected chi connectivity index (χ1v) is 13.8. The van der Waals surface area contributed by atoms with Crippen LogP contribution in [-0.4, -0.2) is 17.3 Å². The maximum absolute atomic E-state index is 13.7. The van der Waals surface area contributed by atoms with Crippen LogP contribution >= 0.6 is 0 Å². The van der Waals surface area contributed by atoms with Gasteiger partial charge in [-0.05, 0) is 77.7 Å². The van der Waals surface area contributed by atoms with E-state index in [2.05, 4.69) is 39.8 Å². The van der Waals surface area contributed by atoms with Gasteiger partial charge in [0, 0.05) is 18.0 Å². The van der Waals surface area contributed by atoms with Gasteiger partial charge in [0.2, 0.25) is 5.75 Å². The summed E-state index contributed by atoms with van der Waals surface area (Å²) in [6, 6.07) is 15.9. The first kappa shape index (κ1) is 29.1. The summed E-state index contributed by atoms with van der Waals surface area (Å²) in [7, 11) is 0. The number of hydrogen-bond acceptors (Lipinski definition) is 4. The number of aryl methyl sites for hydroxylation is 1. The number of rotatable bonds is 14. The number of nitrogens with zero attached hydrogens (tertiary/aromatic N) is 1. The first-order chi connectivity index (χ1) is 18.3. The van der Waals surface area contributed by atoms with E-state index >= 15 is 0 Å². The lowest BCUT2D eigenvalue weighted by atomic mass is 10.1. The number of ether oxygens (including phenoxy) is 3. The predicted molar refractivity (Wildman–Crippen MR) is 158 cm³/mol. The summed E-state index contributed by atoms with van der Waals surface area (Å²) < 4.78 is 20.3. The zero-order valence-corrected chi connectivity index (χ0v) is 23.9. The van der Waals surface area contributed by atoms with Crippen LogP contribution in [0.5, 0.6) is 17.2 Å². The summed E-state index contributed by atoms with van der Waals surface area (Å²) >= 11 is 0. The fourth-order valence-corrected chi connectivity index (χ4v) is 4.19. The van der Waals surface area contributed by atoms with Gasteiger partial charge in [-0.15, -0.1) is 0 Å². The molecule has 0 radical (unpaired) electrons. The highest BCUT2D eigenvalue weighted by Crippen LogP contribution is 2.35.